The van der Waals surface area contributed by atoms with Crippen molar-refractivity contribution in [2.45, 2.75) is 6.18 Å². The lowest BCUT2D eigenvalue weighted by Crippen LogP contribution is -2.50. The number of nitrogens with zero attached hydrogens (tertiary/aromatic N) is 2. The number of carbonyl (C=O) groups is 2. The quantitative estimate of drug-likeness (QED) is 0.874. The van der Waals surface area contributed by atoms with Gasteiger partial charge >= 0.3 is 6.18 Å². The van der Waals surface area contributed by atoms with Crippen LogP contribution in [0.25, 0.3) is 0 Å². The summed E-state index contributed by atoms with van der Waals surface area (Å²) in [5.74, 6) is -0.613. The molecule has 2 aromatic rings. The Bertz CT molecular complexity index is 842. The predicted octanol–water partition coefficient (Wildman–Crippen LogP) is 3.01. The van der Waals surface area contributed by atoms with E-state index in [1.165, 1.54) is 17.0 Å². The third-order valence-electron chi connectivity index (χ3n) is 4.41. The van der Waals surface area contributed by atoms with Crippen molar-refractivity contribution in [2.75, 3.05) is 26.2 Å². The molecule has 1 aliphatic rings. The molecule has 2 aromatic carbocycles. The average Bonchev–Trinajstić information content (AvgIpc) is 2.66. The minimum absolute atomic E-state index is 0.00281. The highest BCUT2D eigenvalue weighted by molar-refractivity contribution is 5.96. The molecule has 1 heterocycles. The minimum Gasteiger partial charge on any atom is -0.508 e. The van der Waals surface area contributed by atoms with Crippen LogP contribution in [0.5, 0.6) is 5.75 Å². The molecule has 0 unspecified atom stereocenters. The van der Waals surface area contributed by atoms with Crippen molar-refractivity contribution in [1.82, 2.24) is 9.80 Å². The van der Waals surface area contributed by atoms with Crippen LogP contribution in [0, 0.1) is 0 Å². The molecular weight excluding hydrogens is 361 g/mol. The maximum absolute atomic E-state index is 12.6. The normalized spacial score (nSPS) is 14.9. The zero-order chi connectivity index (χ0) is 19.6. The Hall–Kier alpha value is -3.03. The Balaban J connectivity index is 1.61. The molecule has 2 amide bonds. The fourth-order valence-electron chi connectivity index (χ4n) is 2.92. The van der Waals surface area contributed by atoms with Crippen molar-refractivity contribution in [2.24, 2.45) is 0 Å². The molecule has 0 aromatic heterocycles. The Morgan fingerprint density at radius 2 is 1.33 bits per heavy atom. The number of carbonyl (C=O) groups excluding carboxylic acids is 2. The fraction of sp³-hybridized carbons (Fsp3) is 0.263. The van der Waals surface area contributed by atoms with Crippen LogP contribution >= 0.6 is 0 Å². The van der Waals surface area contributed by atoms with Gasteiger partial charge in [0.25, 0.3) is 11.8 Å². The third-order valence-corrected chi connectivity index (χ3v) is 4.41. The van der Waals surface area contributed by atoms with E-state index in [1.807, 2.05) is 0 Å². The lowest BCUT2D eigenvalue weighted by Gasteiger charge is -2.35. The second-order valence-electron chi connectivity index (χ2n) is 6.21. The van der Waals surface area contributed by atoms with E-state index in [9.17, 15) is 27.9 Å². The van der Waals surface area contributed by atoms with Crippen LogP contribution in [0.15, 0.2) is 48.5 Å². The molecule has 0 aliphatic carbocycles. The van der Waals surface area contributed by atoms with Gasteiger partial charge in [-0.25, -0.2) is 0 Å². The first kappa shape index (κ1) is 18.8. The van der Waals surface area contributed by atoms with Crippen molar-refractivity contribution in [3.05, 3.63) is 65.2 Å². The van der Waals surface area contributed by atoms with Crippen molar-refractivity contribution < 1.29 is 27.9 Å². The van der Waals surface area contributed by atoms with Crippen LogP contribution < -0.4 is 0 Å². The molecular formula is C19H17F3N2O3. The molecule has 142 valence electrons. The molecule has 1 saturated heterocycles. The van der Waals surface area contributed by atoms with Gasteiger partial charge in [0.15, 0.2) is 0 Å². The zero-order valence-corrected chi connectivity index (χ0v) is 14.2. The molecule has 1 N–H and O–H groups in total. The van der Waals surface area contributed by atoms with Crippen molar-refractivity contribution in [1.29, 1.82) is 0 Å². The van der Waals surface area contributed by atoms with Crippen LogP contribution in [0.4, 0.5) is 13.2 Å². The fourth-order valence-corrected chi connectivity index (χ4v) is 2.92. The molecule has 1 fully saturated rings. The maximum Gasteiger partial charge on any atom is 0.416 e. The number of phenols is 1. The summed E-state index contributed by atoms with van der Waals surface area (Å²) in [4.78, 5) is 28.0. The van der Waals surface area contributed by atoms with Gasteiger partial charge in [0.1, 0.15) is 5.75 Å². The van der Waals surface area contributed by atoms with Gasteiger partial charge in [-0.05, 0) is 42.5 Å². The van der Waals surface area contributed by atoms with Crippen molar-refractivity contribution in [3.63, 3.8) is 0 Å². The number of hydrogen-bond acceptors (Lipinski definition) is 3. The molecule has 5 nitrogen and oxygen atoms in total. The lowest BCUT2D eigenvalue weighted by atomic mass is 10.1. The first-order valence-corrected chi connectivity index (χ1v) is 8.30. The van der Waals surface area contributed by atoms with E-state index in [2.05, 4.69) is 0 Å². The largest absolute Gasteiger partial charge is 0.508 e. The number of halogens is 3. The maximum atomic E-state index is 12.6. The number of amides is 2. The summed E-state index contributed by atoms with van der Waals surface area (Å²) in [6.07, 6.45) is -4.45. The van der Waals surface area contributed by atoms with Gasteiger partial charge in [0.05, 0.1) is 5.56 Å². The van der Waals surface area contributed by atoms with Gasteiger partial charge < -0.3 is 14.9 Å². The van der Waals surface area contributed by atoms with Crippen LogP contribution in [-0.2, 0) is 6.18 Å². The van der Waals surface area contributed by atoms with E-state index in [1.54, 1.807) is 17.0 Å². The second kappa shape index (κ2) is 7.30. The van der Waals surface area contributed by atoms with Crippen molar-refractivity contribution >= 4 is 11.8 Å². The smallest absolute Gasteiger partial charge is 0.416 e. The number of hydrogen-bond donors (Lipinski definition) is 1. The number of piperazine rings is 1. The van der Waals surface area contributed by atoms with Crippen molar-refractivity contribution in [3.8, 4) is 5.75 Å². The van der Waals surface area contributed by atoms with E-state index < -0.39 is 11.7 Å². The summed E-state index contributed by atoms with van der Waals surface area (Å²) in [6.45, 7) is 1.18. The van der Waals surface area contributed by atoms with E-state index in [-0.39, 0.29) is 36.2 Å². The molecule has 0 spiro atoms. The Morgan fingerprint density at radius 3 is 1.81 bits per heavy atom. The molecule has 1 aliphatic heterocycles. The average molecular weight is 378 g/mol. The van der Waals surface area contributed by atoms with E-state index in [0.29, 0.717) is 18.7 Å². The highest BCUT2D eigenvalue weighted by Gasteiger charge is 2.31. The standard InChI is InChI=1S/C19H17F3N2O3/c20-19(21,22)15-6-4-13(5-7-15)17(26)23-8-10-24(11-9-23)18(27)14-2-1-3-16(25)12-14/h1-7,12,25H,8-11H2. The molecule has 3 rings (SSSR count). The number of alkyl halides is 3. The zero-order valence-electron chi connectivity index (χ0n) is 14.2. The van der Waals surface area contributed by atoms with Crippen LogP contribution in [0.2, 0.25) is 0 Å². The van der Waals surface area contributed by atoms with Gasteiger partial charge in [-0.3, -0.25) is 9.59 Å². The molecule has 0 atom stereocenters. The monoisotopic (exact) mass is 378 g/mol. The summed E-state index contributed by atoms with van der Waals surface area (Å²) in [5, 5.41) is 9.48. The molecule has 0 bridgehead atoms. The molecule has 0 radical (unpaired) electrons. The summed E-state index contributed by atoms with van der Waals surface area (Å²) >= 11 is 0. The highest BCUT2D eigenvalue weighted by Crippen LogP contribution is 2.29. The number of phenolic OH excluding ortho intramolecular Hbond substituents is 1. The van der Waals surface area contributed by atoms with Crippen LogP contribution in [0.3, 0.4) is 0 Å². The first-order chi connectivity index (χ1) is 12.8. The highest BCUT2D eigenvalue weighted by atomic mass is 19.4. The van der Waals surface area contributed by atoms with Gasteiger partial charge in [-0.15, -0.1) is 0 Å². The van der Waals surface area contributed by atoms with E-state index >= 15 is 0 Å². The number of rotatable bonds is 2. The minimum atomic E-state index is -4.45. The Morgan fingerprint density at radius 1 is 0.815 bits per heavy atom. The van der Waals surface area contributed by atoms with Crippen LogP contribution in [0.1, 0.15) is 26.3 Å². The Kier molecular flexibility index (Phi) is 5.07. The topological polar surface area (TPSA) is 60.9 Å². The van der Waals surface area contributed by atoms with E-state index in [4.69, 9.17) is 0 Å². The van der Waals surface area contributed by atoms with Gasteiger partial charge in [-0.1, -0.05) is 6.07 Å². The lowest BCUT2D eigenvalue weighted by molar-refractivity contribution is -0.137. The second-order valence-corrected chi connectivity index (χ2v) is 6.21. The molecule has 0 saturated carbocycles. The van der Waals surface area contributed by atoms with Crippen LogP contribution in [-0.4, -0.2) is 52.9 Å². The van der Waals surface area contributed by atoms with Gasteiger partial charge in [-0.2, -0.15) is 13.2 Å². The molecule has 27 heavy (non-hydrogen) atoms. The molecule has 8 heteroatoms. The number of aromatic hydroxyl groups is 1. The summed E-state index contributed by atoms with van der Waals surface area (Å²) < 4.78 is 37.8. The number of benzene rings is 2. The van der Waals surface area contributed by atoms with Gasteiger partial charge in [0, 0.05) is 37.3 Å². The van der Waals surface area contributed by atoms with Gasteiger partial charge in [0.2, 0.25) is 0 Å². The third kappa shape index (κ3) is 4.21. The first-order valence-electron chi connectivity index (χ1n) is 8.30. The predicted molar refractivity (Wildman–Crippen MR) is 91.4 cm³/mol. The Labute approximate surface area is 153 Å². The van der Waals surface area contributed by atoms with E-state index in [0.717, 1.165) is 24.3 Å². The summed E-state index contributed by atoms with van der Waals surface area (Å²) in [5.41, 5.74) is -0.270. The summed E-state index contributed by atoms with van der Waals surface area (Å²) in [7, 11) is 0. The summed E-state index contributed by atoms with van der Waals surface area (Å²) in [6, 6.07) is 10.1. The SMILES string of the molecule is O=C(c1ccc(C(F)(F)F)cc1)N1CCN(C(=O)c2cccc(O)c2)CC1.